The predicted molar refractivity (Wildman–Crippen MR) is 50.6 cm³/mol. The van der Waals surface area contributed by atoms with Crippen LogP contribution >= 0.6 is 0 Å². The molecule has 1 fully saturated rings. The molecule has 0 aromatic rings. The first kappa shape index (κ1) is 10.0. The highest BCUT2D eigenvalue weighted by Crippen LogP contribution is 2.44. The summed E-state index contributed by atoms with van der Waals surface area (Å²) in [6.07, 6.45) is 0.818. The topological polar surface area (TPSA) is 65.2 Å². The van der Waals surface area contributed by atoms with Gasteiger partial charge in [0.05, 0.1) is 0 Å². The second kappa shape index (κ2) is 2.72. The van der Waals surface area contributed by atoms with Crippen molar-refractivity contribution < 1.29 is 10.4 Å². The largest absolute Gasteiger partial charge is 0.411 e. The molecule has 0 aliphatic heterocycles. The van der Waals surface area contributed by atoms with E-state index in [2.05, 4.69) is 10.3 Å². The minimum Gasteiger partial charge on any atom is -0.411 e. The molecule has 4 heteroatoms. The standard InChI is InChI=1S/C9H16N2O2/c1-8(2)5-9(3,4)7(11-13)6(8)10-12/h12-13H,5H2,1-4H3. The molecule has 2 N–H and O–H groups in total. The summed E-state index contributed by atoms with van der Waals surface area (Å²) in [6.45, 7) is 7.90. The Hall–Kier alpha value is -1.06. The maximum Gasteiger partial charge on any atom is 0.110 e. The van der Waals surface area contributed by atoms with Gasteiger partial charge < -0.3 is 10.4 Å². The molecular weight excluding hydrogens is 168 g/mol. The smallest absolute Gasteiger partial charge is 0.110 e. The minimum absolute atomic E-state index is 0.222. The molecule has 13 heavy (non-hydrogen) atoms. The molecule has 0 aromatic heterocycles. The number of rotatable bonds is 0. The van der Waals surface area contributed by atoms with Gasteiger partial charge in [-0.3, -0.25) is 0 Å². The Labute approximate surface area is 77.9 Å². The summed E-state index contributed by atoms with van der Waals surface area (Å²) in [5, 5.41) is 24.1. The van der Waals surface area contributed by atoms with Crippen LogP contribution < -0.4 is 0 Å². The monoisotopic (exact) mass is 184 g/mol. The van der Waals surface area contributed by atoms with Gasteiger partial charge in [-0.2, -0.15) is 0 Å². The van der Waals surface area contributed by atoms with E-state index in [4.69, 9.17) is 10.4 Å². The van der Waals surface area contributed by atoms with Gasteiger partial charge in [0.2, 0.25) is 0 Å². The average Bonchev–Trinajstić information content (AvgIpc) is 2.13. The fourth-order valence-electron chi connectivity index (χ4n) is 2.28. The van der Waals surface area contributed by atoms with Gasteiger partial charge in [0.1, 0.15) is 11.4 Å². The van der Waals surface area contributed by atoms with Gasteiger partial charge in [-0.1, -0.05) is 38.0 Å². The molecule has 0 amide bonds. The van der Waals surface area contributed by atoms with E-state index in [-0.39, 0.29) is 10.8 Å². The molecule has 1 rings (SSSR count). The van der Waals surface area contributed by atoms with E-state index in [1.807, 2.05) is 27.7 Å². The van der Waals surface area contributed by atoms with Crippen molar-refractivity contribution in [2.75, 3.05) is 0 Å². The summed E-state index contributed by atoms with van der Waals surface area (Å²) >= 11 is 0. The zero-order valence-corrected chi connectivity index (χ0v) is 8.50. The maximum atomic E-state index is 8.83. The second-order valence-electron chi connectivity index (χ2n) is 4.84. The summed E-state index contributed by atoms with van der Waals surface area (Å²) in [5.41, 5.74) is 0.527. The van der Waals surface area contributed by atoms with Gasteiger partial charge in [0, 0.05) is 10.8 Å². The van der Waals surface area contributed by atoms with Crippen LogP contribution in [-0.2, 0) is 0 Å². The highest BCUT2D eigenvalue weighted by molar-refractivity contribution is 6.47. The van der Waals surface area contributed by atoms with Crippen molar-refractivity contribution in [1.82, 2.24) is 0 Å². The van der Waals surface area contributed by atoms with Crippen LogP contribution in [0.1, 0.15) is 34.1 Å². The van der Waals surface area contributed by atoms with E-state index in [0.717, 1.165) is 6.42 Å². The van der Waals surface area contributed by atoms with Crippen molar-refractivity contribution in [3.63, 3.8) is 0 Å². The van der Waals surface area contributed by atoms with Gasteiger partial charge in [0.25, 0.3) is 0 Å². The lowest BCUT2D eigenvalue weighted by Crippen LogP contribution is -2.25. The molecule has 1 aliphatic rings. The Morgan fingerprint density at radius 3 is 1.46 bits per heavy atom. The third-order valence-electron chi connectivity index (χ3n) is 2.59. The number of hydrogen-bond donors (Lipinski definition) is 2. The first-order valence-electron chi connectivity index (χ1n) is 4.30. The van der Waals surface area contributed by atoms with Crippen molar-refractivity contribution in [2.24, 2.45) is 21.1 Å². The molecule has 0 spiro atoms. The molecule has 1 aliphatic carbocycles. The van der Waals surface area contributed by atoms with E-state index < -0.39 is 0 Å². The SMILES string of the molecule is CC1(C)CC(C)(C)C(=NO)C1=NO. The summed E-state index contributed by atoms with van der Waals surface area (Å²) in [5.74, 6) is 0. The van der Waals surface area contributed by atoms with Crippen LogP contribution in [0, 0.1) is 10.8 Å². The number of oxime groups is 2. The Bertz CT molecular complexity index is 249. The highest BCUT2D eigenvalue weighted by Gasteiger charge is 2.48. The third-order valence-corrected chi connectivity index (χ3v) is 2.59. The van der Waals surface area contributed by atoms with Crippen LogP contribution in [0.2, 0.25) is 0 Å². The summed E-state index contributed by atoms with van der Waals surface area (Å²) in [6, 6.07) is 0. The molecule has 0 atom stereocenters. The van der Waals surface area contributed by atoms with Gasteiger partial charge in [0.15, 0.2) is 0 Å². The van der Waals surface area contributed by atoms with Crippen LogP contribution in [0.25, 0.3) is 0 Å². The fourth-order valence-corrected chi connectivity index (χ4v) is 2.28. The Balaban J connectivity index is 3.23. The molecule has 0 bridgehead atoms. The zero-order chi connectivity index (χ0) is 10.3. The van der Waals surface area contributed by atoms with Crippen LogP contribution in [0.4, 0.5) is 0 Å². The summed E-state index contributed by atoms with van der Waals surface area (Å²) in [7, 11) is 0. The molecule has 0 unspecified atom stereocenters. The summed E-state index contributed by atoms with van der Waals surface area (Å²) in [4.78, 5) is 0. The fraction of sp³-hybridized carbons (Fsp3) is 0.778. The van der Waals surface area contributed by atoms with Crippen LogP contribution in [-0.4, -0.2) is 21.8 Å². The first-order chi connectivity index (χ1) is 5.85. The van der Waals surface area contributed by atoms with E-state index in [0.29, 0.717) is 11.4 Å². The summed E-state index contributed by atoms with van der Waals surface area (Å²) < 4.78 is 0. The molecule has 0 radical (unpaired) electrons. The van der Waals surface area contributed by atoms with Gasteiger partial charge in [-0.15, -0.1) is 0 Å². The number of hydrogen-bond acceptors (Lipinski definition) is 4. The molecule has 1 saturated carbocycles. The highest BCUT2D eigenvalue weighted by atomic mass is 16.4. The van der Waals surface area contributed by atoms with E-state index >= 15 is 0 Å². The van der Waals surface area contributed by atoms with Crippen molar-refractivity contribution in [2.45, 2.75) is 34.1 Å². The van der Waals surface area contributed by atoms with Crippen molar-refractivity contribution in [3.05, 3.63) is 0 Å². The van der Waals surface area contributed by atoms with Gasteiger partial charge in [-0.25, -0.2) is 0 Å². The van der Waals surface area contributed by atoms with E-state index in [9.17, 15) is 0 Å². The lowest BCUT2D eigenvalue weighted by molar-refractivity contribution is 0.305. The third kappa shape index (κ3) is 1.41. The lowest BCUT2D eigenvalue weighted by atomic mass is 9.84. The van der Waals surface area contributed by atoms with E-state index in [1.54, 1.807) is 0 Å². The second-order valence-corrected chi connectivity index (χ2v) is 4.84. The predicted octanol–water partition coefficient (Wildman–Crippen LogP) is 2.10. The van der Waals surface area contributed by atoms with E-state index in [1.165, 1.54) is 0 Å². The normalized spacial score (nSPS) is 31.4. The average molecular weight is 184 g/mol. The van der Waals surface area contributed by atoms with Crippen LogP contribution in [0.15, 0.2) is 10.3 Å². The van der Waals surface area contributed by atoms with Crippen molar-refractivity contribution >= 4 is 11.4 Å². The quantitative estimate of drug-likeness (QED) is 0.447. The van der Waals surface area contributed by atoms with Crippen molar-refractivity contribution in [3.8, 4) is 0 Å². The first-order valence-corrected chi connectivity index (χ1v) is 4.30. The molecular formula is C9H16N2O2. The molecule has 74 valence electrons. The Morgan fingerprint density at radius 2 is 1.23 bits per heavy atom. The molecule has 4 nitrogen and oxygen atoms in total. The molecule has 0 aromatic carbocycles. The maximum absolute atomic E-state index is 8.83. The van der Waals surface area contributed by atoms with Crippen molar-refractivity contribution in [1.29, 1.82) is 0 Å². The van der Waals surface area contributed by atoms with Crippen LogP contribution in [0.5, 0.6) is 0 Å². The van der Waals surface area contributed by atoms with Crippen LogP contribution in [0.3, 0.4) is 0 Å². The lowest BCUT2D eigenvalue weighted by Gasteiger charge is -2.19. The number of nitrogens with zero attached hydrogens (tertiary/aromatic N) is 2. The van der Waals surface area contributed by atoms with Gasteiger partial charge >= 0.3 is 0 Å². The Morgan fingerprint density at radius 1 is 0.923 bits per heavy atom. The molecule has 0 heterocycles. The Kier molecular flexibility index (Phi) is 2.10. The zero-order valence-electron chi connectivity index (χ0n) is 8.50. The molecule has 0 saturated heterocycles. The minimum atomic E-state index is -0.222. The van der Waals surface area contributed by atoms with Gasteiger partial charge in [-0.05, 0) is 6.42 Å².